The quantitative estimate of drug-likeness (QED) is 0.417. The van der Waals surface area contributed by atoms with Crippen LogP contribution in [0.3, 0.4) is 0 Å². The Labute approximate surface area is 175 Å². The van der Waals surface area contributed by atoms with Gasteiger partial charge in [0, 0.05) is 11.5 Å². The van der Waals surface area contributed by atoms with Gasteiger partial charge in [0.15, 0.2) is 0 Å². The Bertz CT molecular complexity index is 714. The van der Waals surface area contributed by atoms with Gasteiger partial charge in [-0.05, 0) is 86.9 Å². The maximum Gasteiger partial charge on any atom is 0.330 e. The number of fused-ring (bicyclic) bond motifs is 5. The molecule has 0 aromatic rings. The van der Waals surface area contributed by atoms with E-state index in [2.05, 4.69) is 20.4 Å². The van der Waals surface area contributed by atoms with Gasteiger partial charge in [-0.1, -0.05) is 32.1 Å². The molecule has 0 saturated heterocycles. The third-order valence-corrected chi connectivity index (χ3v) is 9.91. The minimum absolute atomic E-state index is 0.137. The van der Waals surface area contributed by atoms with Crippen molar-refractivity contribution in [1.29, 1.82) is 0 Å². The van der Waals surface area contributed by atoms with Crippen LogP contribution in [0.2, 0.25) is 0 Å². The number of aliphatic hydroxyl groups excluding tert-OH is 1. The second kappa shape index (κ2) is 7.23. The van der Waals surface area contributed by atoms with Crippen molar-refractivity contribution in [2.45, 2.75) is 83.3 Å². The first-order valence-corrected chi connectivity index (χ1v) is 11.5. The number of ether oxygens (including phenoxy) is 1. The van der Waals surface area contributed by atoms with Crippen molar-refractivity contribution < 1.29 is 19.7 Å². The van der Waals surface area contributed by atoms with Crippen LogP contribution < -0.4 is 0 Å². The van der Waals surface area contributed by atoms with E-state index in [1.165, 1.54) is 13.2 Å². The van der Waals surface area contributed by atoms with Crippen LogP contribution in [0.4, 0.5) is 0 Å². The van der Waals surface area contributed by atoms with Crippen LogP contribution in [0.5, 0.6) is 0 Å². The maximum atomic E-state index is 12.2. The average molecular weight is 403 g/mol. The maximum absolute atomic E-state index is 12.2. The third kappa shape index (κ3) is 3.05. The molecule has 0 radical (unpaired) electrons. The van der Waals surface area contributed by atoms with E-state index in [1.807, 2.05) is 0 Å². The molecule has 4 nitrogen and oxygen atoms in total. The topological polar surface area (TPSA) is 66.8 Å². The van der Waals surface area contributed by atoms with Gasteiger partial charge in [0.05, 0.1) is 18.8 Å². The molecular weight excluding hydrogens is 364 g/mol. The highest BCUT2D eigenvalue weighted by atomic mass is 16.5. The highest BCUT2D eigenvalue weighted by Crippen LogP contribution is 2.69. The summed E-state index contributed by atoms with van der Waals surface area (Å²) in [7, 11) is 1.38. The number of aliphatic hydroxyl groups is 2. The predicted molar refractivity (Wildman–Crippen MR) is 113 cm³/mol. The normalized spacial score (nSPS) is 49.2. The summed E-state index contributed by atoms with van der Waals surface area (Å²) in [5, 5.41) is 22.4. The zero-order chi connectivity index (χ0) is 21.0. The van der Waals surface area contributed by atoms with Crippen molar-refractivity contribution in [2.75, 3.05) is 7.11 Å². The molecule has 0 bridgehead atoms. The second-order valence-electron chi connectivity index (χ2n) is 10.8. The summed E-state index contributed by atoms with van der Waals surface area (Å²) in [6.07, 6.45) is 12.1. The van der Waals surface area contributed by atoms with Gasteiger partial charge < -0.3 is 14.9 Å². The van der Waals surface area contributed by atoms with Crippen LogP contribution in [-0.4, -0.2) is 35.0 Å². The molecule has 4 heteroatoms. The Balaban J connectivity index is 1.59. The van der Waals surface area contributed by atoms with E-state index in [-0.39, 0.29) is 28.8 Å². The number of hydrogen-bond donors (Lipinski definition) is 2. The first-order chi connectivity index (χ1) is 13.7. The van der Waals surface area contributed by atoms with Gasteiger partial charge >= 0.3 is 5.97 Å². The van der Waals surface area contributed by atoms with Gasteiger partial charge in [0.2, 0.25) is 0 Å². The minimum Gasteiger partial charge on any atom is -0.466 e. The molecule has 8 atom stereocenters. The Morgan fingerprint density at radius 3 is 2.52 bits per heavy atom. The summed E-state index contributed by atoms with van der Waals surface area (Å²) in [5.41, 5.74) is 0.336. The summed E-state index contributed by atoms with van der Waals surface area (Å²) in [6, 6.07) is 0. The van der Waals surface area contributed by atoms with E-state index >= 15 is 0 Å². The van der Waals surface area contributed by atoms with E-state index in [4.69, 9.17) is 4.74 Å². The number of methoxy groups -OCH3 is 1. The van der Waals surface area contributed by atoms with Crippen molar-refractivity contribution in [1.82, 2.24) is 0 Å². The van der Waals surface area contributed by atoms with Gasteiger partial charge in [-0.15, -0.1) is 0 Å². The standard InChI is InChI=1S/C25H38O4/c1-16(5-8-22(27)29-4)19-11-14-25(28)21-7-6-17-15-18(26)9-12-23(17,2)20(21)10-13-24(19,25)3/h5,8,17-21,26,28H,1,6-7,9-15H2,2-4H3/b8-5-/t17-,18-,19-,20+,21-,23+,24-,25+/m1/s1. The van der Waals surface area contributed by atoms with E-state index in [0.717, 1.165) is 63.4 Å². The summed E-state index contributed by atoms with van der Waals surface area (Å²) in [4.78, 5) is 11.5. The van der Waals surface area contributed by atoms with Crippen molar-refractivity contribution in [3.63, 3.8) is 0 Å². The lowest BCUT2D eigenvalue weighted by Crippen LogP contribution is -2.62. The highest BCUT2D eigenvalue weighted by molar-refractivity contribution is 5.82. The molecule has 162 valence electrons. The average Bonchev–Trinajstić information content (AvgIpc) is 2.98. The van der Waals surface area contributed by atoms with Crippen LogP contribution in [-0.2, 0) is 9.53 Å². The molecule has 4 fully saturated rings. The van der Waals surface area contributed by atoms with Gasteiger partial charge in [-0.2, -0.15) is 0 Å². The zero-order valence-electron chi connectivity index (χ0n) is 18.3. The van der Waals surface area contributed by atoms with Crippen molar-refractivity contribution >= 4 is 5.97 Å². The fourth-order valence-corrected chi connectivity index (χ4v) is 8.16. The Hall–Kier alpha value is -1.13. The van der Waals surface area contributed by atoms with Crippen LogP contribution in [0, 0.1) is 34.5 Å². The van der Waals surface area contributed by atoms with Crippen LogP contribution in [0.15, 0.2) is 24.3 Å². The van der Waals surface area contributed by atoms with Gasteiger partial charge in [-0.3, -0.25) is 0 Å². The first kappa shape index (κ1) is 21.1. The van der Waals surface area contributed by atoms with Gasteiger partial charge in [0.1, 0.15) is 0 Å². The number of esters is 1. The van der Waals surface area contributed by atoms with Crippen molar-refractivity contribution in [3.8, 4) is 0 Å². The lowest BCUT2D eigenvalue weighted by atomic mass is 9.43. The molecule has 0 aromatic carbocycles. The lowest BCUT2D eigenvalue weighted by molar-refractivity contribution is -0.207. The number of carbonyl (C=O) groups is 1. The van der Waals surface area contributed by atoms with Crippen LogP contribution in [0.1, 0.15) is 71.6 Å². The molecule has 4 aliphatic carbocycles. The largest absolute Gasteiger partial charge is 0.466 e. The van der Waals surface area contributed by atoms with E-state index in [0.29, 0.717) is 17.8 Å². The number of rotatable bonds is 3. The SMILES string of the molecule is C=C(/C=C\C(=O)OC)[C@H]1CC[C@]2(O)[C@@H]3CC[C@@H]4C[C@H](O)CC[C@]4(C)[C@H]3CC[C@]12C. The van der Waals surface area contributed by atoms with Gasteiger partial charge in [-0.25, -0.2) is 4.79 Å². The fourth-order valence-electron chi connectivity index (χ4n) is 8.16. The van der Waals surface area contributed by atoms with Crippen molar-refractivity contribution in [2.24, 2.45) is 34.5 Å². The molecule has 0 heterocycles. The molecule has 0 amide bonds. The second-order valence-corrected chi connectivity index (χ2v) is 10.8. The molecule has 0 spiro atoms. The molecule has 4 aliphatic rings. The molecule has 0 aliphatic heterocycles. The number of allylic oxidation sites excluding steroid dienone is 2. The number of hydrogen-bond acceptors (Lipinski definition) is 4. The smallest absolute Gasteiger partial charge is 0.330 e. The predicted octanol–water partition coefficient (Wildman–Crippen LogP) is 4.41. The summed E-state index contributed by atoms with van der Waals surface area (Å²) >= 11 is 0. The molecule has 2 N–H and O–H groups in total. The van der Waals surface area contributed by atoms with Crippen molar-refractivity contribution in [3.05, 3.63) is 24.3 Å². The van der Waals surface area contributed by atoms with E-state index in [1.54, 1.807) is 6.08 Å². The van der Waals surface area contributed by atoms with Crippen LogP contribution >= 0.6 is 0 Å². The highest BCUT2D eigenvalue weighted by Gasteiger charge is 2.67. The lowest BCUT2D eigenvalue weighted by Gasteiger charge is -2.63. The Morgan fingerprint density at radius 1 is 1.03 bits per heavy atom. The summed E-state index contributed by atoms with van der Waals surface area (Å²) in [6.45, 7) is 8.97. The summed E-state index contributed by atoms with van der Waals surface area (Å²) in [5.74, 6) is 1.31. The minimum atomic E-state index is -0.660. The number of carbonyl (C=O) groups excluding carboxylic acids is 1. The van der Waals surface area contributed by atoms with E-state index < -0.39 is 5.60 Å². The zero-order valence-corrected chi connectivity index (χ0v) is 18.3. The molecule has 0 aromatic heterocycles. The molecular formula is C25H38O4. The van der Waals surface area contributed by atoms with E-state index in [9.17, 15) is 15.0 Å². The van der Waals surface area contributed by atoms with Crippen LogP contribution in [0.25, 0.3) is 0 Å². The first-order valence-electron chi connectivity index (χ1n) is 11.5. The molecule has 0 unspecified atom stereocenters. The Morgan fingerprint density at radius 2 is 1.79 bits per heavy atom. The summed E-state index contributed by atoms with van der Waals surface area (Å²) < 4.78 is 4.72. The molecule has 29 heavy (non-hydrogen) atoms. The fraction of sp³-hybridized carbons (Fsp3) is 0.800. The monoisotopic (exact) mass is 402 g/mol. The molecule has 4 rings (SSSR count). The third-order valence-electron chi connectivity index (χ3n) is 9.91. The van der Waals surface area contributed by atoms with Gasteiger partial charge in [0.25, 0.3) is 0 Å². The molecule has 4 saturated carbocycles. The Kier molecular flexibility index (Phi) is 5.26.